The lowest BCUT2D eigenvalue weighted by atomic mass is 9.89. The molecule has 0 saturated carbocycles. The Kier molecular flexibility index (Phi) is 5.50. The summed E-state index contributed by atoms with van der Waals surface area (Å²) in [6, 6.07) is 18.6. The molecule has 9 nitrogen and oxygen atoms in total. The van der Waals surface area contributed by atoms with Crippen LogP contribution in [0.15, 0.2) is 66.7 Å². The molecule has 0 amide bonds. The predicted molar refractivity (Wildman–Crippen MR) is 146 cm³/mol. The number of nitrogens with zero attached hydrogens (tertiary/aromatic N) is 4. The number of carboxylic acid groups (broad SMARTS) is 2. The van der Waals surface area contributed by atoms with Crippen molar-refractivity contribution in [1.29, 1.82) is 0 Å². The first-order valence-corrected chi connectivity index (χ1v) is 12.1. The molecular weight excluding hydrogens is 496 g/mol. The Labute approximate surface area is 220 Å². The van der Waals surface area contributed by atoms with E-state index in [9.17, 15) is 24.6 Å². The fraction of sp³-hybridized carbons (Fsp3) is 0.100. The van der Waals surface area contributed by atoms with Crippen LogP contribution in [0.5, 0.6) is 0 Å². The van der Waals surface area contributed by atoms with Crippen molar-refractivity contribution < 1.29 is 24.6 Å². The van der Waals surface area contributed by atoms with Gasteiger partial charge in [-0.25, -0.2) is 29.5 Å². The van der Waals surface area contributed by atoms with Crippen molar-refractivity contribution in [3.63, 3.8) is 0 Å². The minimum Gasteiger partial charge on any atom is -0.478 e. The first kappa shape index (κ1) is 24.1. The highest BCUT2D eigenvalue weighted by Gasteiger charge is 2.23. The van der Waals surface area contributed by atoms with E-state index < -0.39 is 11.9 Å². The minimum absolute atomic E-state index is 0.00786. The standard InChI is InChI=1S/C30H20N4O5/c1-14(16-6-3-9-21-24(16)31-23-11-5-8-19(29(36)37)26(23)32-21)17-12-13-20(30(38)39)28-27(17)34-25-18(15(2)35)7-4-10-22(25)33-28/h3-14H,1-2H3,(H,36,37)(H,38,39). The second-order valence-electron chi connectivity index (χ2n) is 9.30. The molecule has 0 spiro atoms. The maximum Gasteiger partial charge on any atom is 0.337 e. The minimum atomic E-state index is -1.13. The summed E-state index contributed by atoms with van der Waals surface area (Å²) in [4.78, 5) is 54.9. The zero-order chi connectivity index (χ0) is 27.4. The van der Waals surface area contributed by atoms with Gasteiger partial charge in [0.1, 0.15) is 16.6 Å². The zero-order valence-electron chi connectivity index (χ0n) is 20.8. The number of carbonyl (C=O) groups is 3. The number of hydrogen-bond donors (Lipinski definition) is 2. The van der Waals surface area contributed by atoms with Crippen LogP contribution in [-0.4, -0.2) is 47.9 Å². The highest BCUT2D eigenvalue weighted by Crippen LogP contribution is 2.35. The highest BCUT2D eigenvalue weighted by atomic mass is 16.4. The molecule has 0 bridgehead atoms. The first-order valence-electron chi connectivity index (χ1n) is 12.1. The Bertz CT molecular complexity index is 2040. The van der Waals surface area contributed by atoms with Gasteiger partial charge in [0.2, 0.25) is 0 Å². The van der Waals surface area contributed by atoms with Crippen molar-refractivity contribution in [2.75, 3.05) is 0 Å². The number of benzene rings is 4. The van der Waals surface area contributed by atoms with E-state index in [1.807, 2.05) is 19.1 Å². The third-order valence-corrected chi connectivity index (χ3v) is 6.95. The maximum atomic E-state index is 12.3. The molecule has 2 heterocycles. The van der Waals surface area contributed by atoms with Crippen molar-refractivity contribution in [2.45, 2.75) is 19.8 Å². The van der Waals surface area contributed by atoms with Crippen LogP contribution in [0.3, 0.4) is 0 Å². The summed E-state index contributed by atoms with van der Waals surface area (Å²) < 4.78 is 0. The maximum absolute atomic E-state index is 12.3. The van der Waals surface area contributed by atoms with Gasteiger partial charge in [-0.3, -0.25) is 4.79 Å². The third kappa shape index (κ3) is 3.83. The molecule has 1 atom stereocenters. The van der Waals surface area contributed by atoms with Gasteiger partial charge in [-0.1, -0.05) is 37.3 Å². The van der Waals surface area contributed by atoms with Gasteiger partial charge >= 0.3 is 11.9 Å². The fourth-order valence-corrected chi connectivity index (χ4v) is 5.03. The van der Waals surface area contributed by atoms with Crippen molar-refractivity contribution in [3.05, 3.63) is 94.5 Å². The third-order valence-electron chi connectivity index (χ3n) is 6.95. The van der Waals surface area contributed by atoms with Crippen LogP contribution < -0.4 is 0 Å². The molecule has 0 aliphatic heterocycles. The van der Waals surface area contributed by atoms with Crippen LogP contribution >= 0.6 is 0 Å². The van der Waals surface area contributed by atoms with Gasteiger partial charge in [-0.05, 0) is 54.4 Å². The number of rotatable bonds is 5. The average molecular weight is 517 g/mol. The molecule has 0 aliphatic carbocycles. The van der Waals surface area contributed by atoms with Crippen molar-refractivity contribution in [1.82, 2.24) is 19.9 Å². The summed E-state index contributed by atoms with van der Waals surface area (Å²) in [6.45, 7) is 3.40. The second kappa shape index (κ2) is 8.91. The average Bonchev–Trinajstić information content (AvgIpc) is 2.92. The SMILES string of the molecule is CC(=O)c1cccc2nc3c(C(=O)O)ccc(C(C)c4cccc5nc6c(C(=O)O)cccc6nc45)c3nc12. The van der Waals surface area contributed by atoms with E-state index in [1.165, 1.54) is 19.1 Å². The molecule has 6 rings (SSSR count). The molecule has 190 valence electrons. The lowest BCUT2D eigenvalue weighted by Gasteiger charge is -2.18. The van der Waals surface area contributed by atoms with Gasteiger partial charge in [0.05, 0.1) is 38.7 Å². The number of para-hydroxylation sites is 3. The number of carbonyl (C=O) groups excluding carboxylic acids is 1. The Morgan fingerprint density at radius 2 is 1.05 bits per heavy atom. The first-order chi connectivity index (χ1) is 18.7. The van der Waals surface area contributed by atoms with Crippen molar-refractivity contribution in [3.8, 4) is 0 Å². The summed E-state index contributed by atoms with van der Waals surface area (Å²) in [7, 11) is 0. The second-order valence-corrected chi connectivity index (χ2v) is 9.30. The molecular formula is C30H20N4O5. The van der Waals surface area contributed by atoms with Crippen molar-refractivity contribution >= 4 is 61.9 Å². The summed E-state index contributed by atoms with van der Waals surface area (Å²) in [5, 5.41) is 19.5. The largest absolute Gasteiger partial charge is 0.478 e. The van der Waals surface area contributed by atoms with E-state index in [2.05, 4.69) is 9.97 Å². The topological polar surface area (TPSA) is 143 Å². The highest BCUT2D eigenvalue weighted by molar-refractivity contribution is 6.09. The van der Waals surface area contributed by atoms with Gasteiger partial charge < -0.3 is 10.2 Å². The van der Waals surface area contributed by atoms with Crippen LogP contribution in [0.25, 0.3) is 44.1 Å². The van der Waals surface area contributed by atoms with Gasteiger partial charge in [0.15, 0.2) is 5.78 Å². The van der Waals surface area contributed by atoms with Gasteiger partial charge in [0.25, 0.3) is 0 Å². The zero-order valence-corrected chi connectivity index (χ0v) is 20.8. The van der Waals surface area contributed by atoms with Crippen LogP contribution in [-0.2, 0) is 0 Å². The Morgan fingerprint density at radius 1 is 0.564 bits per heavy atom. The molecule has 0 radical (unpaired) electrons. The predicted octanol–water partition coefficient (Wildman–Crippen LogP) is 5.63. The normalized spacial score (nSPS) is 12.3. The lowest BCUT2D eigenvalue weighted by Crippen LogP contribution is -2.07. The molecule has 1 unspecified atom stereocenters. The smallest absolute Gasteiger partial charge is 0.337 e. The van der Waals surface area contributed by atoms with Gasteiger partial charge in [-0.15, -0.1) is 0 Å². The monoisotopic (exact) mass is 516 g/mol. The number of hydrogen-bond acceptors (Lipinski definition) is 7. The lowest BCUT2D eigenvalue weighted by molar-refractivity contribution is 0.0688. The Balaban J connectivity index is 1.63. The number of aromatic nitrogens is 4. The van der Waals surface area contributed by atoms with Gasteiger partial charge in [0, 0.05) is 11.5 Å². The van der Waals surface area contributed by atoms with Crippen molar-refractivity contribution in [2.24, 2.45) is 0 Å². The molecule has 0 fully saturated rings. The quantitative estimate of drug-likeness (QED) is 0.220. The number of ketones is 1. The summed E-state index contributed by atoms with van der Waals surface area (Å²) in [5.41, 5.74) is 5.28. The van der Waals surface area contributed by atoms with E-state index in [0.29, 0.717) is 49.7 Å². The molecule has 2 N–H and O–H groups in total. The Hall–Kier alpha value is -5.31. The molecule has 9 heteroatoms. The molecule has 2 aromatic heterocycles. The summed E-state index contributed by atoms with van der Waals surface area (Å²) >= 11 is 0. The molecule has 4 aromatic carbocycles. The number of Topliss-reactive ketones (excluding diaryl/α,β-unsaturated/α-hetero) is 1. The van der Waals surface area contributed by atoms with E-state index in [0.717, 1.165) is 5.56 Å². The molecule has 6 aromatic rings. The summed E-state index contributed by atoms with van der Waals surface area (Å²) in [6.07, 6.45) is 0. The van der Waals surface area contributed by atoms with E-state index >= 15 is 0 Å². The van der Waals surface area contributed by atoms with E-state index in [4.69, 9.17) is 9.97 Å². The molecule has 0 aliphatic rings. The van der Waals surface area contributed by atoms with Crippen LogP contribution in [0.4, 0.5) is 0 Å². The number of fused-ring (bicyclic) bond motifs is 4. The molecule has 0 saturated heterocycles. The van der Waals surface area contributed by atoms with E-state index in [1.54, 1.807) is 42.5 Å². The number of aromatic carboxylic acids is 2. The van der Waals surface area contributed by atoms with Crippen LogP contribution in [0, 0.1) is 0 Å². The summed E-state index contributed by atoms with van der Waals surface area (Å²) in [5.74, 6) is -2.72. The fourth-order valence-electron chi connectivity index (χ4n) is 5.03. The van der Waals surface area contributed by atoms with Crippen LogP contribution in [0.2, 0.25) is 0 Å². The van der Waals surface area contributed by atoms with Gasteiger partial charge in [-0.2, -0.15) is 0 Å². The van der Waals surface area contributed by atoms with Crippen LogP contribution in [0.1, 0.15) is 62.0 Å². The Morgan fingerprint density at radius 3 is 1.69 bits per heavy atom. The molecule has 39 heavy (non-hydrogen) atoms. The van der Waals surface area contributed by atoms with E-state index in [-0.39, 0.29) is 28.3 Å². The number of carboxylic acids is 2.